The van der Waals surface area contributed by atoms with Crippen LogP contribution in [0.3, 0.4) is 0 Å². The van der Waals surface area contributed by atoms with E-state index in [0.29, 0.717) is 12.1 Å². The fraction of sp³-hybridized carbons (Fsp3) is 0.500. The van der Waals surface area contributed by atoms with Crippen molar-refractivity contribution in [3.63, 3.8) is 0 Å². The first-order valence-electron chi connectivity index (χ1n) is 6.89. The average Bonchev–Trinajstić information content (AvgIpc) is 2.38. The summed E-state index contributed by atoms with van der Waals surface area (Å²) < 4.78 is 25.0. The summed E-state index contributed by atoms with van der Waals surface area (Å²) in [7, 11) is -3.45. The minimum absolute atomic E-state index is 0. The molecule has 0 saturated carbocycles. The molecule has 22 heavy (non-hydrogen) atoms. The maximum Gasteiger partial charge on any atom is 0.235 e. The normalized spacial score (nSPS) is 18.3. The second-order valence-corrected chi connectivity index (χ2v) is 8.25. The van der Waals surface area contributed by atoms with Crippen LogP contribution in [0.5, 0.6) is 0 Å². The van der Waals surface area contributed by atoms with Gasteiger partial charge in [0.05, 0.1) is 5.75 Å². The van der Waals surface area contributed by atoms with Gasteiger partial charge in [0.2, 0.25) is 5.91 Å². The fourth-order valence-corrected chi connectivity index (χ4v) is 4.09. The molecule has 1 saturated heterocycles. The van der Waals surface area contributed by atoms with Crippen LogP contribution < -0.4 is 10.6 Å². The van der Waals surface area contributed by atoms with Crippen LogP contribution in [0.2, 0.25) is 0 Å². The Morgan fingerprint density at radius 3 is 2.82 bits per heavy atom. The molecule has 0 spiro atoms. The molecule has 5 nitrogen and oxygen atoms in total. The van der Waals surface area contributed by atoms with Crippen LogP contribution >= 0.6 is 28.3 Å². The van der Waals surface area contributed by atoms with Crippen molar-refractivity contribution in [3.8, 4) is 0 Å². The van der Waals surface area contributed by atoms with Crippen LogP contribution in [-0.2, 0) is 20.4 Å². The minimum Gasteiger partial charge on any atom is -0.351 e. The summed E-state index contributed by atoms with van der Waals surface area (Å²) in [6, 6.07) is 7.14. The van der Waals surface area contributed by atoms with Crippen LogP contribution in [0.25, 0.3) is 0 Å². The third-order valence-corrected chi connectivity index (χ3v) is 5.26. The Labute approximate surface area is 145 Å². The molecule has 1 amide bonds. The smallest absolute Gasteiger partial charge is 0.235 e. The van der Waals surface area contributed by atoms with Gasteiger partial charge in [0.15, 0.2) is 9.84 Å². The Kier molecular flexibility index (Phi) is 7.82. The number of carbonyl (C=O) groups excluding carboxylic acids is 1. The topological polar surface area (TPSA) is 75.3 Å². The lowest BCUT2D eigenvalue weighted by Gasteiger charge is -2.23. The second kappa shape index (κ2) is 8.86. The Morgan fingerprint density at radius 2 is 2.18 bits per heavy atom. The largest absolute Gasteiger partial charge is 0.351 e. The van der Waals surface area contributed by atoms with Gasteiger partial charge in [0, 0.05) is 17.1 Å². The first-order valence-corrected chi connectivity index (χ1v) is 9.51. The highest BCUT2D eigenvalue weighted by Crippen LogP contribution is 2.14. The molecule has 1 aliphatic rings. The highest BCUT2D eigenvalue weighted by molar-refractivity contribution is 9.10. The van der Waals surface area contributed by atoms with E-state index >= 15 is 0 Å². The third-order valence-electron chi connectivity index (χ3n) is 3.29. The number of halogens is 2. The number of rotatable bonds is 5. The molecular weight excluding hydrogens is 392 g/mol. The first kappa shape index (κ1) is 19.4. The second-order valence-electron chi connectivity index (χ2n) is 5.27. The monoisotopic (exact) mass is 410 g/mol. The lowest BCUT2D eigenvalue weighted by molar-refractivity contribution is -0.119. The van der Waals surface area contributed by atoms with E-state index < -0.39 is 21.5 Å². The van der Waals surface area contributed by atoms with Gasteiger partial charge in [-0.25, -0.2) is 8.42 Å². The summed E-state index contributed by atoms with van der Waals surface area (Å²) in [5.74, 6) is -1.00. The molecule has 124 valence electrons. The standard InChI is InChI=1S/C14H19BrN2O3S.ClH/c15-12-4-1-3-11(7-12)9-21(19,20)10-14(18)17-13-5-2-6-16-8-13;/h1,3-4,7,13,16H,2,5-6,8-10H2,(H,17,18);1H/t13-;/m0./s1. The van der Waals surface area contributed by atoms with E-state index in [0.717, 1.165) is 23.9 Å². The zero-order valence-corrected chi connectivity index (χ0v) is 15.3. The lowest BCUT2D eigenvalue weighted by atomic mass is 10.1. The van der Waals surface area contributed by atoms with Crippen molar-refractivity contribution in [1.82, 2.24) is 10.6 Å². The maximum absolute atomic E-state index is 12.1. The maximum atomic E-state index is 12.1. The van der Waals surface area contributed by atoms with Crippen molar-refractivity contribution in [3.05, 3.63) is 34.3 Å². The Bertz CT molecular complexity index is 604. The molecule has 8 heteroatoms. The Hall–Kier alpha value is -0.630. The van der Waals surface area contributed by atoms with Gasteiger partial charge in [0.1, 0.15) is 5.75 Å². The van der Waals surface area contributed by atoms with Crippen molar-refractivity contribution in [2.75, 3.05) is 18.8 Å². The van der Waals surface area contributed by atoms with E-state index in [1.165, 1.54) is 0 Å². The van der Waals surface area contributed by atoms with Crippen molar-refractivity contribution < 1.29 is 13.2 Å². The van der Waals surface area contributed by atoms with Gasteiger partial charge in [-0.15, -0.1) is 12.4 Å². The van der Waals surface area contributed by atoms with E-state index in [1.807, 2.05) is 6.07 Å². The van der Waals surface area contributed by atoms with E-state index in [9.17, 15) is 13.2 Å². The Morgan fingerprint density at radius 1 is 1.41 bits per heavy atom. The molecule has 0 bridgehead atoms. The molecule has 0 radical (unpaired) electrons. The van der Waals surface area contributed by atoms with Gasteiger partial charge >= 0.3 is 0 Å². The average molecular weight is 412 g/mol. The summed E-state index contributed by atoms with van der Waals surface area (Å²) >= 11 is 3.31. The van der Waals surface area contributed by atoms with E-state index in [-0.39, 0.29) is 24.2 Å². The molecule has 0 unspecified atom stereocenters. The predicted octanol–water partition coefficient (Wildman–Crippen LogP) is 1.65. The van der Waals surface area contributed by atoms with Crippen LogP contribution in [0, 0.1) is 0 Å². The molecule has 1 heterocycles. The highest BCUT2D eigenvalue weighted by Gasteiger charge is 2.21. The van der Waals surface area contributed by atoms with Crippen molar-refractivity contribution >= 4 is 44.1 Å². The summed E-state index contributed by atoms with van der Waals surface area (Å²) in [4.78, 5) is 11.9. The molecule has 0 aliphatic carbocycles. The van der Waals surface area contributed by atoms with Gasteiger partial charge in [0.25, 0.3) is 0 Å². The van der Waals surface area contributed by atoms with E-state index in [4.69, 9.17) is 0 Å². The quantitative estimate of drug-likeness (QED) is 0.772. The molecule has 1 aliphatic heterocycles. The summed E-state index contributed by atoms with van der Waals surface area (Å²) in [5, 5.41) is 5.96. The van der Waals surface area contributed by atoms with E-state index in [1.54, 1.807) is 18.2 Å². The highest BCUT2D eigenvalue weighted by atomic mass is 79.9. The minimum atomic E-state index is -3.45. The predicted molar refractivity (Wildman–Crippen MR) is 92.9 cm³/mol. The number of hydrogen-bond donors (Lipinski definition) is 2. The lowest BCUT2D eigenvalue weighted by Crippen LogP contribution is -2.47. The summed E-state index contributed by atoms with van der Waals surface area (Å²) in [5.41, 5.74) is 0.677. The number of nitrogens with one attached hydrogen (secondary N) is 2. The molecule has 2 rings (SSSR count). The van der Waals surface area contributed by atoms with Crippen molar-refractivity contribution in [2.45, 2.75) is 24.6 Å². The summed E-state index contributed by atoms with van der Waals surface area (Å²) in [6.07, 6.45) is 1.89. The van der Waals surface area contributed by atoms with Crippen LogP contribution in [0.15, 0.2) is 28.7 Å². The summed E-state index contributed by atoms with van der Waals surface area (Å²) in [6.45, 7) is 1.66. The number of amides is 1. The SMILES string of the molecule is Cl.O=C(CS(=O)(=O)Cc1cccc(Br)c1)N[C@H]1CCCNC1. The van der Waals surface area contributed by atoms with Crippen molar-refractivity contribution in [1.29, 1.82) is 0 Å². The molecule has 1 fully saturated rings. The van der Waals surface area contributed by atoms with Gasteiger partial charge < -0.3 is 10.6 Å². The van der Waals surface area contributed by atoms with Gasteiger partial charge in [-0.2, -0.15) is 0 Å². The zero-order valence-electron chi connectivity index (χ0n) is 12.0. The van der Waals surface area contributed by atoms with Gasteiger partial charge in [-0.05, 0) is 37.1 Å². The van der Waals surface area contributed by atoms with Crippen LogP contribution in [0.1, 0.15) is 18.4 Å². The number of sulfone groups is 1. The van der Waals surface area contributed by atoms with Crippen molar-refractivity contribution in [2.24, 2.45) is 0 Å². The number of hydrogen-bond acceptors (Lipinski definition) is 4. The molecule has 1 aromatic carbocycles. The number of carbonyl (C=O) groups is 1. The van der Waals surface area contributed by atoms with E-state index in [2.05, 4.69) is 26.6 Å². The molecule has 2 N–H and O–H groups in total. The molecular formula is C14H20BrClN2O3S. The number of piperidine rings is 1. The zero-order chi connectivity index (χ0) is 15.3. The Balaban J connectivity index is 0.00000242. The fourth-order valence-electron chi connectivity index (χ4n) is 2.38. The van der Waals surface area contributed by atoms with Gasteiger partial charge in [-0.3, -0.25) is 4.79 Å². The molecule has 1 aromatic rings. The van der Waals surface area contributed by atoms with Crippen LogP contribution in [-0.4, -0.2) is 39.2 Å². The first-order chi connectivity index (χ1) is 9.94. The molecule has 0 aromatic heterocycles. The number of benzene rings is 1. The molecule has 1 atom stereocenters. The van der Waals surface area contributed by atoms with Crippen LogP contribution in [0.4, 0.5) is 0 Å². The third kappa shape index (κ3) is 6.64. The van der Waals surface area contributed by atoms with Gasteiger partial charge in [-0.1, -0.05) is 28.1 Å².